The van der Waals surface area contributed by atoms with Gasteiger partial charge in [-0.15, -0.1) is 0 Å². The molecule has 0 fully saturated rings. The lowest BCUT2D eigenvalue weighted by atomic mass is 9.98. The van der Waals surface area contributed by atoms with Gasteiger partial charge < -0.3 is 5.73 Å². The van der Waals surface area contributed by atoms with Crippen LogP contribution in [0.4, 0.5) is 0 Å². The van der Waals surface area contributed by atoms with Crippen LogP contribution in [-0.4, -0.2) is 21.0 Å². The Morgan fingerprint density at radius 1 is 1.20 bits per heavy atom. The molecular formula is C15H26N2O2S. The van der Waals surface area contributed by atoms with Crippen molar-refractivity contribution in [1.29, 1.82) is 0 Å². The van der Waals surface area contributed by atoms with Crippen molar-refractivity contribution in [2.24, 2.45) is 11.7 Å². The Morgan fingerprint density at radius 2 is 1.80 bits per heavy atom. The van der Waals surface area contributed by atoms with Gasteiger partial charge in [-0.2, -0.15) is 0 Å². The zero-order chi connectivity index (χ0) is 15.2. The van der Waals surface area contributed by atoms with Crippen LogP contribution < -0.4 is 10.5 Å². The van der Waals surface area contributed by atoms with Crippen LogP contribution in [0.15, 0.2) is 29.2 Å². The van der Waals surface area contributed by atoms with E-state index in [4.69, 9.17) is 5.73 Å². The minimum Gasteiger partial charge on any atom is -0.327 e. The fourth-order valence-electron chi connectivity index (χ4n) is 2.12. The number of sulfonamides is 1. The van der Waals surface area contributed by atoms with Gasteiger partial charge in [0.05, 0.1) is 4.90 Å². The van der Waals surface area contributed by atoms with Crippen LogP contribution in [-0.2, 0) is 16.4 Å². The summed E-state index contributed by atoms with van der Waals surface area (Å²) in [5.74, 6) is 0.572. The lowest BCUT2D eigenvalue weighted by Gasteiger charge is -2.14. The summed E-state index contributed by atoms with van der Waals surface area (Å²) in [7, 11) is -3.37. The van der Waals surface area contributed by atoms with Crippen molar-refractivity contribution in [2.45, 2.75) is 51.0 Å². The molecule has 0 heterocycles. The molecule has 0 aliphatic rings. The van der Waals surface area contributed by atoms with Crippen molar-refractivity contribution in [1.82, 2.24) is 4.72 Å². The summed E-state index contributed by atoms with van der Waals surface area (Å²) in [6, 6.07) is 7.11. The van der Waals surface area contributed by atoms with E-state index in [-0.39, 0.29) is 6.04 Å². The molecule has 5 heteroatoms. The monoisotopic (exact) mass is 298 g/mol. The molecule has 1 aromatic rings. The number of rotatable bonds is 8. The van der Waals surface area contributed by atoms with Crippen molar-refractivity contribution in [3.63, 3.8) is 0 Å². The first-order valence-electron chi connectivity index (χ1n) is 7.19. The van der Waals surface area contributed by atoms with Gasteiger partial charge in [0.25, 0.3) is 0 Å². The molecule has 0 spiro atoms. The number of hydrogen-bond acceptors (Lipinski definition) is 3. The van der Waals surface area contributed by atoms with E-state index < -0.39 is 10.0 Å². The van der Waals surface area contributed by atoms with Crippen LogP contribution in [0.3, 0.4) is 0 Å². The van der Waals surface area contributed by atoms with Crippen LogP contribution in [0.25, 0.3) is 0 Å². The predicted octanol–water partition coefficient (Wildman–Crippen LogP) is 2.29. The molecule has 0 radical (unpaired) electrons. The van der Waals surface area contributed by atoms with E-state index in [1.165, 1.54) is 0 Å². The third kappa shape index (κ3) is 5.61. The van der Waals surface area contributed by atoms with E-state index in [1.54, 1.807) is 12.1 Å². The summed E-state index contributed by atoms with van der Waals surface area (Å²) in [6.07, 6.45) is 2.53. The standard InChI is InChI=1S/C15H26N2O2S/c1-4-9-17-20(18,19)15-7-5-13(6-8-15)11-14(16)10-12(2)3/h5-8,12,14,17H,4,9-11,16H2,1-3H3. The smallest absolute Gasteiger partial charge is 0.240 e. The minimum absolute atomic E-state index is 0.121. The van der Waals surface area contributed by atoms with Gasteiger partial charge in [0.2, 0.25) is 10.0 Å². The molecule has 20 heavy (non-hydrogen) atoms. The maximum absolute atomic E-state index is 11.9. The summed E-state index contributed by atoms with van der Waals surface area (Å²) in [5.41, 5.74) is 7.14. The zero-order valence-corrected chi connectivity index (χ0v) is 13.4. The first kappa shape index (κ1) is 17.1. The van der Waals surface area contributed by atoms with Crippen molar-refractivity contribution in [3.8, 4) is 0 Å². The third-order valence-electron chi connectivity index (χ3n) is 3.05. The van der Waals surface area contributed by atoms with Gasteiger partial charge >= 0.3 is 0 Å². The molecule has 1 rings (SSSR count). The molecule has 114 valence electrons. The average molecular weight is 298 g/mol. The number of nitrogens with two attached hydrogens (primary N) is 1. The van der Waals surface area contributed by atoms with E-state index in [9.17, 15) is 8.42 Å². The summed E-state index contributed by atoms with van der Waals surface area (Å²) >= 11 is 0. The van der Waals surface area contributed by atoms with Crippen LogP contribution in [0.2, 0.25) is 0 Å². The second-order valence-electron chi connectivity index (χ2n) is 5.64. The SMILES string of the molecule is CCCNS(=O)(=O)c1ccc(CC(N)CC(C)C)cc1. The lowest BCUT2D eigenvalue weighted by Crippen LogP contribution is -2.25. The molecule has 1 aromatic carbocycles. The molecule has 4 nitrogen and oxygen atoms in total. The first-order valence-corrected chi connectivity index (χ1v) is 8.67. The van der Waals surface area contributed by atoms with E-state index in [0.717, 1.165) is 24.8 Å². The molecule has 0 saturated heterocycles. The lowest BCUT2D eigenvalue weighted by molar-refractivity contribution is 0.493. The van der Waals surface area contributed by atoms with E-state index >= 15 is 0 Å². The topological polar surface area (TPSA) is 72.2 Å². The predicted molar refractivity (Wildman–Crippen MR) is 83.1 cm³/mol. The summed E-state index contributed by atoms with van der Waals surface area (Å²) in [5, 5.41) is 0. The van der Waals surface area contributed by atoms with Crippen LogP contribution in [0.5, 0.6) is 0 Å². The fourth-order valence-corrected chi connectivity index (χ4v) is 3.25. The molecule has 3 N–H and O–H groups in total. The van der Waals surface area contributed by atoms with Crippen molar-refractivity contribution in [3.05, 3.63) is 29.8 Å². The highest BCUT2D eigenvalue weighted by molar-refractivity contribution is 7.89. The number of nitrogens with one attached hydrogen (secondary N) is 1. The Balaban J connectivity index is 2.69. The number of hydrogen-bond donors (Lipinski definition) is 2. The van der Waals surface area contributed by atoms with Gasteiger partial charge in [-0.25, -0.2) is 13.1 Å². The highest BCUT2D eigenvalue weighted by atomic mass is 32.2. The molecule has 1 unspecified atom stereocenters. The van der Waals surface area contributed by atoms with E-state index in [1.807, 2.05) is 19.1 Å². The molecule has 0 aromatic heterocycles. The van der Waals surface area contributed by atoms with E-state index in [0.29, 0.717) is 17.4 Å². The van der Waals surface area contributed by atoms with Gasteiger partial charge in [0.15, 0.2) is 0 Å². The Hall–Kier alpha value is -0.910. The normalized spacial score (nSPS) is 13.7. The van der Waals surface area contributed by atoms with Crippen molar-refractivity contribution in [2.75, 3.05) is 6.54 Å². The maximum Gasteiger partial charge on any atom is 0.240 e. The minimum atomic E-state index is -3.37. The second kappa shape index (κ2) is 7.76. The molecule has 0 bridgehead atoms. The van der Waals surface area contributed by atoms with Gasteiger partial charge in [0, 0.05) is 12.6 Å². The van der Waals surface area contributed by atoms with Crippen LogP contribution >= 0.6 is 0 Å². The molecule has 0 aliphatic heterocycles. The summed E-state index contributed by atoms with van der Waals surface area (Å²) < 4.78 is 26.4. The average Bonchev–Trinajstić information content (AvgIpc) is 2.36. The highest BCUT2D eigenvalue weighted by Gasteiger charge is 2.13. The molecule has 1 atom stereocenters. The van der Waals surface area contributed by atoms with Crippen molar-refractivity contribution >= 4 is 10.0 Å². The fraction of sp³-hybridized carbons (Fsp3) is 0.600. The van der Waals surface area contributed by atoms with Gasteiger partial charge in [0.1, 0.15) is 0 Å². The Labute approximate surface area is 122 Å². The maximum atomic E-state index is 11.9. The van der Waals surface area contributed by atoms with Gasteiger partial charge in [-0.1, -0.05) is 32.9 Å². The van der Waals surface area contributed by atoms with Crippen LogP contribution in [0.1, 0.15) is 39.2 Å². The molecule has 0 saturated carbocycles. The Bertz CT molecular complexity index is 495. The van der Waals surface area contributed by atoms with Gasteiger partial charge in [-0.3, -0.25) is 0 Å². The van der Waals surface area contributed by atoms with Crippen LogP contribution in [0, 0.1) is 5.92 Å². The quantitative estimate of drug-likeness (QED) is 0.773. The highest BCUT2D eigenvalue weighted by Crippen LogP contribution is 2.13. The summed E-state index contributed by atoms with van der Waals surface area (Å²) in [4.78, 5) is 0.312. The second-order valence-corrected chi connectivity index (χ2v) is 7.40. The Kier molecular flexibility index (Phi) is 6.65. The summed E-state index contributed by atoms with van der Waals surface area (Å²) in [6.45, 7) is 6.69. The number of benzene rings is 1. The third-order valence-corrected chi connectivity index (χ3v) is 4.52. The molecular weight excluding hydrogens is 272 g/mol. The van der Waals surface area contributed by atoms with Crippen molar-refractivity contribution < 1.29 is 8.42 Å². The molecule has 0 aliphatic carbocycles. The molecule has 0 amide bonds. The Morgan fingerprint density at radius 3 is 2.30 bits per heavy atom. The van der Waals surface area contributed by atoms with Gasteiger partial charge in [-0.05, 0) is 42.9 Å². The zero-order valence-electron chi connectivity index (χ0n) is 12.6. The first-order chi connectivity index (χ1) is 9.35. The largest absolute Gasteiger partial charge is 0.327 e. The van der Waals surface area contributed by atoms with E-state index in [2.05, 4.69) is 18.6 Å².